The van der Waals surface area contributed by atoms with Crippen molar-refractivity contribution in [1.29, 1.82) is 0 Å². The molecule has 0 N–H and O–H groups in total. The standard InChI is InChI=1S/C21H28N2O7S/c1-4-28-19(24)21(2)14-31-18(22-21)15-6-5-7-16(29-13-12-26-3)17(15)30-20(25)23-8-10-27-11-9-23/h5-7H,4,8-14H2,1-3H3/t21-/m1/s1. The summed E-state index contributed by atoms with van der Waals surface area (Å²) < 4.78 is 27.1. The van der Waals surface area contributed by atoms with Crippen molar-refractivity contribution in [3.05, 3.63) is 23.8 Å². The number of benzene rings is 1. The number of hydrogen-bond acceptors (Lipinski definition) is 9. The van der Waals surface area contributed by atoms with E-state index in [0.29, 0.717) is 61.6 Å². The zero-order chi connectivity index (χ0) is 22.3. The second-order valence-electron chi connectivity index (χ2n) is 7.14. The molecule has 170 valence electrons. The van der Waals surface area contributed by atoms with Crippen LogP contribution >= 0.6 is 11.8 Å². The maximum absolute atomic E-state index is 12.8. The summed E-state index contributed by atoms with van der Waals surface area (Å²) in [6.07, 6.45) is -0.482. The molecule has 0 spiro atoms. The van der Waals surface area contributed by atoms with Crippen molar-refractivity contribution in [2.45, 2.75) is 19.4 Å². The lowest BCUT2D eigenvalue weighted by atomic mass is 10.1. The molecular formula is C21H28N2O7S. The fourth-order valence-electron chi connectivity index (χ4n) is 3.06. The third-order valence-corrected chi connectivity index (χ3v) is 6.06. The summed E-state index contributed by atoms with van der Waals surface area (Å²) in [5.41, 5.74) is -0.399. The van der Waals surface area contributed by atoms with Crippen molar-refractivity contribution in [2.24, 2.45) is 4.99 Å². The molecule has 0 saturated carbocycles. The van der Waals surface area contributed by atoms with E-state index < -0.39 is 11.6 Å². The van der Waals surface area contributed by atoms with Crippen LogP contribution in [-0.4, -0.2) is 86.5 Å². The number of thioether (sulfide) groups is 1. The summed E-state index contributed by atoms with van der Waals surface area (Å²) in [6, 6.07) is 5.33. The maximum Gasteiger partial charge on any atom is 0.415 e. The summed E-state index contributed by atoms with van der Waals surface area (Å²) in [6.45, 7) is 6.31. The summed E-state index contributed by atoms with van der Waals surface area (Å²) in [7, 11) is 1.58. The first kappa shape index (κ1) is 23.4. The van der Waals surface area contributed by atoms with Crippen molar-refractivity contribution in [3.8, 4) is 11.5 Å². The predicted molar refractivity (Wildman–Crippen MR) is 116 cm³/mol. The molecular weight excluding hydrogens is 424 g/mol. The number of para-hydroxylation sites is 1. The summed E-state index contributed by atoms with van der Waals surface area (Å²) >= 11 is 1.41. The number of esters is 1. The molecule has 0 radical (unpaired) electrons. The number of amides is 1. The average molecular weight is 453 g/mol. The molecule has 0 aromatic heterocycles. The molecule has 1 amide bonds. The highest BCUT2D eigenvalue weighted by Crippen LogP contribution is 2.39. The Morgan fingerprint density at radius 1 is 1.26 bits per heavy atom. The number of aliphatic imine (C=N–C) groups is 1. The van der Waals surface area contributed by atoms with Crippen molar-refractivity contribution in [3.63, 3.8) is 0 Å². The molecule has 2 aliphatic rings. The van der Waals surface area contributed by atoms with Crippen LogP contribution in [0.15, 0.2) is 23.2 Å². The zero-order valence-corrected chi connectivity index (χ0v) is 18.9. The first-order valence-electron chi connectivity index (χ1n) is 10.2. The average Bonchev–Trinajstić information content (AvgIpc) is 3.19. The number of ether oxygens (including phenoxy) is 5. The van der Waals surface area contributed by atoms with E-state index in [-0.39, 0.29) is 18.3 Å². The van der Waals surface area contributed by atoms with Crippen LogP contribution in [0, 0.1) is 0 Å². The van der Waals surface area contributed by atoms with Gasteiger partial charge in [-0.3, -0.25) is 4.99 Å². The SMILES string of the molecule is CCOC(=O)[C@@]1(C)CSC(c2cccc(OCCOC)c2OC(=O)N2CCOCC2)=N1. The van der Waals surface area contributed by atoms with Gasteiger partial charge in [0.15, 0.2) is 17.0 Å². The van der Waals surface area contributed by atoms with E-state index in [1.807, 2.05) is 0 Å². The lowest BCUT2D eigenvalue weighted by molar-refractivity contribution is -0.147. The molecule has 0 bridgehead atoms. The maximum atomic E-state index is 12.8. The van der Waals surface area contributed by atoms with Crippen LogP contribution < -0.4 is 9.47 Å². The van der Waals surface area contributed by atoms with E-state index in [9.17, 15) is 9.59 Å². The minimum atomic E-state index is -0.992. The van der Waals surface area contributed by atoms with Gasteiger partial charge in [0.1, 0.15) is 11.7 Å². The van der Waals surface area contributed by atoms with Crippen LogP contribution in [0.5, 0.6) is 11.5 Å². The number of carbonyl (C=O) groups excluding carboxylic acids is 2. The highest BCUT2D eigenvalue weighted by molar-refractivity contribution is 8.14. The molecule has 9 nitrogen and oxygen atoms in total. The quantitative estimate of drug-likeness (QED) is 0.438. The van der Waals surface area contributed by atoms with Gasteiger partial charge in [0.25, 0.3) is 0 Å². The Morgan fingerprint density at radius 3 is 2.74 bits per heavy atom. The van der Waals surface area contributed by atoms with Gasteiger partial charge in [0, 0.05) is 26.0 Å². The largest absolute Gasteiger partial charge is 0.487 e. The Kier molecular flexibility index (Phi) is 8.16. The third kappa shape index (κ3) is 5.69. The van der Waals surface area contributed by atoms with Crippen molar-refractivity contribution >= 4 is 28.9 Å². The Balaban J connectivity index is 1.91. The molecule has 1 saturated heterocycles. The molecule has 3 rings (SSSR count). The summed E-state index contributed by atoms with van der Waals surface area (Å²) in [5, 5.41) is 0.595. The first-order chi connectivity index (χ1) is 15.0. The van der Waals surface area contributed by atoms with Crippen molar-refractivity contribution < 1.29 is 33.3 Å². The molecule has 10 heteroatoms. The fourth-order valence-corrected chi connectivity index (χ4v) is 4.25. The number of carbonyl (C=O) groups is 2. The zero-order valence-electron chi connectivity index (χ0n) is 18.0. The minimum Gasteiger partial charge on any atom is -0.487 e. The van der Waals surface area contributed by atoms with Gasteiger partial charge in [-0.1, -0.05) is 6.07 Å². The second kappa shape index (κ2) is 10.8. The van der Waals surface area contributed by atoms with Gasteiger partial charge >= 0.3 is 12.1 Å². The van der Waals surface area contributed by atoms with Crippen LogP contribution in [0.2, 0.25) is 0 Å². The van der Waals surface area contributed by atoms with Crippen LogP contribution in [0.4, 0.5) is 4.79 Å². The molecule has 31 heavy (non-hydrogen) atoms. The van der Waals surface area contributed by atoms with Gasteiger partial charge in [0.05, 0.1) is 32.0 Å². The Labute approximate surface area is 186 Å². The topological polar surface area (TPSA) is 95.9 Å². The third-order valence-electron chi connectivity index (χ3n) is 4.77. The monoisotopic (exact) mass is 452 g/mol. The van der Waals surface area contributed by atoms with Crippen molar-refractivity contribution in [2.75, 3.05) is 59.0 Å². The number of morpholine rings is 1. The van der Waals surface area contributed by atoms with E-state index in [0.717, 1.165) is 0 Å². The lowest BCUT2D eigenvalue weighted by Gasteiger charge is -2.26. The predicted octanol–water partition coefficient (Wildman–Crippen LogP) is 2.36. The Morgan fingerprint density at radius 2 is 2.03 bits per heavy atom. The highest BCUT2D eigenvalue weighted by atomic mass is 32.2. The summed E-state index contributed by atoms with van der Waals surface area (Å²) in [4.78, 5) is 31.4. The Hall–Kier alpha value is -2.30. The van der Waals surface area contributed by atoms with Gasteiger partial charge in [-0.25, -0.2) is 9.59 Å². The molecule has 1 fully saturated rings. The van der Waals surface area contributed by atoms with E-state index in [2.05, 4.69) is 4.99 Å². The van der Waals surface area contributed by atoms with Gasteiger partial charge in [-0.15, -0.1) is 11.8 Å². The number of nitrogens with zero attached hydrogens (tertiary/aromatic N) is 2. The first-order valence-corrected chi connectivity index (χ1v) is 11.2. The van der Waals surface area contributed by atoms with Crippen LogP contribution in [0.1, 0.15) is 19.4 Å². The van der Waals surface area contributed by atoms with Crippen LogP contribution in [0.25, 0.3) is 0 Å². The minimum absolute atomic E-state index is 0.273. The molecule has 1 aromatic rings. The number of methoxy groups -OCH3 is 1. The van der Waals surface area contributed by atoms with Gasteiger partial charge in [-0.2, -0.15) is 0 Å². The molecule has 1 atom stereocenters. The summed E-state index contributed by atoms with van der Waals surface area (Å²) in [5.74, 6) is 0.739. The van der Waals surface area contributed by atoms with Gasteiger partial charge < -0.3 is 28.6 Å². The number of rotatable bonds is 8. The van der Waals surface area contributed by atoms with Crippen LogP contribution in [0.3, 0.4) is 0 Å². The molecule has 2 aliphatic heterocycles. The smallest absolute Gasteiger partial charge is 0.415 e. The molecule has 0 unspecified atom stereocenters. The van der Waals surface area contributed by atoms with E-state index in [4.69, 9.17) is 23.7 Å². The van der Waals surface area contributed by atoms with Crippen LogP contribution in [-0.2, 0) is 19.0 Å². The molecule has 2 heterocycles. The number of hydrogen-bond donors (Lipinski definition) is 0. The van der Waals surface area contributed by atoms with Crippen molar-refractivity contribution in [1.82, 2.24) is 4.90 Å². The highest BCUT2D eigenvalue weighted by Gasteiger charge is 2.41. The molecule has 1 aromatic carbocycles. The van der Waals surface area contributed by atoms with E-state index in [1.54, 1.807) is 44.1 Å². The lowest BCUT2D eigenvalue weighted by Crippen LogP contribution is -2.42. The molecule has 0 aliphatic carbocycles. The fraction of sp³-hybridized carbons (Fsp3) is 0.571. The Bertz CT molecular complexity index is 826. The van der Waals surface area contributed by atoms with Gasteiger partial charge in [-0.05, 0) is 26.0 Å². The normalized spacial score (nSPS) is 20.9. The second-order valence-corrected chi connectivity index (χ2v) is 8.11. The van der Waals surface area contributed by atoms with E-state index in [1.165, 1.54) is 11.8 Å². The van der Waals surface area contributed by atoms with Gasteiger partial charge in [0.2, 0.25) is 0 Å². The van der Waals surface area contributed by atoms with E-state index >= 15 is 0 Å².